The standard InChI is InChI=1S/C18H18ClN3O3/c1-12(23)20-16(13-7-3-2-4-8-13)11-17(24)21-22-18(25)14-9-5-6-10-15(14)19/h2-10,16H,11H2,1H3,(H,20,23)(H,21,24)(H,22,25)/t16-/m1/s1. The Hall–Kier alpha value is -2.86. The second-order valence-electron chi connectivity index (χ2n) is 5.35. The van der Waals surface area contributed by atoms with Crippen LogP contribution in [0.2, 0.25) is 5.02 Å². The van der Waals surface area contributed by atoms with Gasteiger partial charge in [-0.25, -0.2) is 0 Å². The van der Waals surface area contributed by atoms with E-state index in [9.17, 15) is 14.4 Å². The monoisotopic (exact) mass is 359 g/mol. The first-order valence-corrected chi connectivity index (χ1v) is 8.01. The Morgan fingerprint density at radius 1 is 0.960 bits per heavy atom. The molecule has 130 valence electrons. The van der Waals surface area contributed by atoms with Crippen LogP contribution in [0.4, 0.5) is 0 Å². The lowest BCUT2D eigenvalue weighted by molar-refractivity contribution is -0.123. The van der Waals surface area contributed by atoms with Crippen LogP contribution >= 0.6 is 11.6 Å². The first kappa shape index (κ1) is 18.5. The normalized spacial score (nSPS) is 11.3. The van der Waals surface area contributed by atoms with E-state index >= 15 is 0 Å². The quantitative estimate of drug-likeness (QED) is 0.716. The number of nitrogens with one attached hydrogen (secondary N) is 3. The van der Waals surface area contributed by atoms with Gasteiger partial charge in [0.15, 0.2) is 0 Å². The summed E-state index contributed by atoms with van der Waals surface area (Å²) in [5.74, 6) is -1.21. The molecule has 6 nitrogen and oxygen atoms in total. The summed E-state index contributed by atoms with van der Waals surface area (Å²) in [5, 5.41) is 3.01. The minimum absolute atomic E-state index is 0.0214. The molecule has 0 spiro atoms. The maximum atomic E-state index is 12.1. The van der Waals surface area contributed by atoms with E-state index in [0.717, 1.165) is 5.56 Å². The van der Waals surface area contributed by atoms with Crippen molar-refractivity contribution < 1.29 is 14.4 Å². The fraction of sp³-hybridized carbons (Fsp3) is 0.167. The first-order valence-electron chi connectivity index (χ1n) is 7.63. The lowest BCUT2D eigenvalue weighted by Crippen LogP contribution is -2.43. The van der Waals surface area contributed by atoms with Crippen molar-refractivity contribution in [2.75, 3.05) is 0 Å². The summed E-state index contributed by atoms with van der Waals surface area (Å²) < 4.78 is 0. The van der Waals surface area contributed by atoms with Crippen molar-refractivity contribution in [1.82, 2.24) is 16.2 Å². The molecular formula is C18H18ClN3O3. The minimum Gasteiger partial charge on any atom is -0.349 e. The number of hydrazine groups is 1. The molecule has 0 aliphatic heterocycles. The summed E-state index contributed by atoms with van der Waals surface area (Å²) in [5.41, 5.74) is 5.70. The Kier molecular flexibility index (Phi) is 6.54. The fourth-order valence-corrected chi connectivity index (χ4v) is 2.48. The van der Waals surface area contributed by atoms with E-state index < -0.39 is 17.9 Å². The highest BCUT2D eigenvalue weighted by molar-refractivity contribution is 6.33. The number of hydrogen-bond donors (Lipinski definition) is 3. The molecule has 0 heterocycles. The lowest BCUT2D eigenvalue weighted by atomic mass is 10.0. The van der Waals surface area contributed by atoms with Crippen LogP contribution in [0.5, 0.6) is 0 Å². The van der Waals surface area contributed by atoms with Gasteiger partial charge < -0.3 is 5.32 Å². The van der Waals surface area contributed by atoms with Gasteiger partial charge in [0.2, 0.25) is 11.8 Å². The second kappa shape index (κ2) is 8.84. The molecule has 3 amide bonds. The molecule has 0 saturated heterocycles. The van der Waals surface area contributed by atoms with Gasteiger partial charge in [-0.15, -0.1) is 0 Å². The predicted molar refractivity (Wildman–Crippen MR) is 94.7 cm³/mol. The Labute approximate surface area is 150 Å². The van der Waals surface area contributed by atoms with E-state index in [1.165, 1.54) is 6.92 Å². The van der Waals surface area contributed by atoms with Crippen molar-refractivity contribution in [3.63, 3.8) is 0 Å². The highest BCUT2D eigenvalue weighted by Gasteiger charge is 2.18. The SMILES string of the molecule is CC(=O)N[C@H](CC(=O)NNC(=O)c1ccccc1Cl)c1ccccc1. The lowest BCUT2D eigenvalue weighted by Gasteiger charge is -2.18. The third-order valence-corrected chi connectivity index (χ3v) is 3.73. The van der Waals surface area contributed by atoms with Crippen LogP contribution in [-0.2, 0) is 9.59 Å². The van der Waals surface area contributed by atoms with E-state index in [1.807, 2.05) is 30.3 Å². The maximum Gasteiger partial charge on any atom is 0.271 e. The van der Waals surface area contributed by atoms with Gasteiger partial charge in [-0.1, -0.05) is 54.1 Å². The van der Waals surface area contributed by atoms with E-state index in [0.29, 0.717) is 0 Å². The molecule has 25 heavy (non-hydrogen) atoms. The van der Waals surface area contributed by atoms with Gasteiger partial charge in [0.25, 0.3) is 5.91 Å². The molecular weight excluding hydrogens is 342 g/mol. The molecule has 0 unspecified atom stereocenters. The topological polar surface area (TPSA) is 87.3 Å². The molecule has 0 aromatic heterocycles. The maximum absolute atomic E-state index is 12.1. The molecule has 2 aromatic rings. The molecule has 0 radical (unpaired) electrons. The van der Waals surface area contributed by atoms with Crippen LogP contribution in [0.3, 0.4) is 0 Å². The Balaban J connectivity index is 1.96. The smallest absolute Gasteiger partial charge is 0.271 e. The Morgan fingerprint density at radius 2 is 1.60 bits per heavy atom. The van der Waals surface area contributed by atoms with Crippen molar-refractivity contribution in [2.24, 2.45) is 0 Å². The van der Waals surface area contributed by atoms with Crippen molar-refractivity contribution in [3.8, 4) is 0 Å². The zero-order chi connectivity index (χ0) is 18.2. The van der Waals surface area contributed by atoms with Crippen LogP contribution in [0.15, 0.2) is 54.6 Å². The summed E-state index contributed by atoms with van der Waals surface area (Å²) >= 11 is 5.94. The number of hydrogen-bond acceptors (Lipinski definition) is 3. The highest BCUT2D eigenvalue weighted by Crippen LogP contribution is 2.16. The average molecular weight is 360 g/mol. The summed E-state index contributed by atoms with van der Waals surface area (Å²) in [6.07, 6.45) is -0.0214. The van der Waals surface area contributed by atoms with Crippen molar-refractivity contribution in [2.45, 2.75) is 19.4 Å². The van der Waals surface area contributed by atoms with Crippen molar-refractivity contribution in [3.05, 3.63) is 70.7 Å². The third kappa shape index (κ3) is 5.61. The summed E-state index contributed by atoms with van der Waals surface area (Å²) in [4.78, 5) is 35.5. The first-order chi connectivity index (χ1) is 12.0. The number of carbonyl (C=O) groups is 3. The minimum atomic E-state index is -0.519. The number of halogens is 1. The molecule has 2 rings (SSSR count). The van der Waals surface area contributed by atoms with E-state index in [4.69, 9.17) is 11.6 Å². The molecule has 0 saturated carbocycles. The van der Waals surface area contributed by atoms with Crippen LogP contribution in [-0.4, -0.2) is 17.7 Å². The molecule has 0 fully saturated rings. The summed E-state index contributed by atoms with van der Waals surface area (Å²) in [6.45, 7) is 1.38. The zero-order valence-corrected chi connectivity index (χ0v) is 14.3. The molecule has 0 aliphatic carbocycles. The molecule has 1 atom stereocenters. The van der Waals surface area contributed by atoms with Crippen LogP contribution in [0.1, 0.15) is 35.3 Å². The van der Waals surface area contributed by atoms with Crippen molar-refractivity contribution in [1.29, 1.82) is 0 Å². The summed E-state index contributed by atoms with van der Waals surface area (Å²) in [7, 11) is 0. The van der Waals surface area contributed by atoms with Gasteiger partial charge in [-0.2, -0.15) is 0 Å². The number of amides is 3. The average Bonchev–Trinajstić information content (AvgIpc) is 2.60. The van der Waals surface area contributed by atoms with E-state index in [2.05, 4.69) is 16.2 Å². The van der Waals surface area contributed by atoms with Crippen LogP contribution in [0, 0.1) is 0 Å². The highest BCUT2D eigenvalue weighted by atomic mass is 35.5. The van der Waals surface area contributed by atoms with Gasteiger partial charge in [0, 0.05) is 6.92 Å². The Bertz CT molecular complexity index is 765. The number of carbonyl (C=O) groups excluding carboxylic acids is 3. The van der Waals surface area contributed by atoms with Crippen molar-refractivity contribution >= 4 is 29.3 Å². The Morgan fingerprint density at radius 3 is 2.24 bits per heavy atom. The summed E-state index contributed by atoms with van der Waals surface area (Å²) in [6, 6.07) is 15.1. The fourth-order valence-electron chi connectivity index (χ4n) is 2.26. The predicted octanol–water partition coefficient (Wildman–Crippen LogP) is 2.37. The van der Waals surface area contributed by atoms with Gasteiger partial charge in [-0.3, -0.25) is 25.2 Å². The molecule has 0 aliphatic rings. The molecule has 3 N–H and O–H groups in total. The second-order valence-corrected chi connectivity index (χ2v) is 5.76. The molecule has 2 aromatic carbocycles. The number of rotatable bonds is 5. The molecule has 7 heteroatoms. The van der Waals surface area contributed by atoms with Gasteiger partial charge in [-0.05, 0) is 17.7 Å². The largest absolute Gasteiger partial charge is 0.349 e. The van der Waals surface area contributed by atoms with E-state index in [1.54, 1.807) is 24.3 Å². The van der Waals surface area contributed by atoms with Gasteiger partial charge in [0.05, 0.1) is 23.0 Å². The molecule has 0 bridgehead atoms. The van der Waals surface area contributed by atoms with Gasteiger partial charge in [0.1, 0.15) is 0 Å². The van der Waals surface area contributed by atoms with Crippen LogP contribution < -0.4 is 16.2 Å². The third-order valence-electron chi connectivity index (χ3n) is 3.40. The van der Waals surface area contributed by atoms with E-state index in [-0.39, 0.29) is 22.9 Å². The number of benzene rings is 2. The zero-order valence-electron chi connectivity index (χ0n) is 13.6. The van der Waals surface area contributed by atoms with Crippen LogP contribution in [0.25, 0.3) is 0 Å². The van der Waals surface area contributed by atoms with Gasteiger partial charge >= 0.3 is 0 Å².